The summed E-state index contributed by atoms with van der Waals surface area (Å²) in [6.07, 6.45) is 0. The lowest BCUT2D eigenvalue weighted by Crippen LogP contribution is -2.15. The zero-order valence-corrected chi connectivity index (χ0v) is 12.4. The molecule has 0 saturated heterocycles. The number of anilines is 1. The van der Waals surface area contributed by atoms with E-state index in [9.17, 15) is 35.2 Å². The van der Waals surface area contributed by atoms with Gasteiger partial charge in [0.1, 0.15) is 0 Å². The number of sulfone groups is 1. The van der Waals surface area contributed by atoms with Gasteiger partial charge in [0.2, 0.25) is 9.84 Å². The van der Waals surface area contributed by atoms with Crippen LogP contribution in [-0.2, 0) is 9.84 Å². The summed E-state index contributed by atoms with van der Waals surface area (Å²) in [7, 11) is -4.87. The highest BCUT2D eigenvalue weighted by molar-refractivity contribution is 7.91. The third-order valence-electron chi connectivity index (χ3n) is 2.90. The Bertz CT molecular complexity index is 876. The predicted octanol–water partition coefficient (Wildman–Crippen LogP) is 3.35. The van der Waals surface area contributed by atoms with E-state index in [1.807, 2.05) is 0 Å². The molecule has 2 aromatic carbocycles. The van der Waals surface area contributed by atoms with E-state index < -0.39 is 49.4 Å². The van der Waals surface area contributed by atoms with Crippen LogP contribution in [0.2, 0.25) is 0 Å². The Morgan fingerprint density at radius 3 is 2.12 bits per heavy atom. The molecule has 0 spiro atoms. The van der Waals surface area contributed by atoms with E-state index >= 15 is 0 Å². The number of amides is 1. The topological polar surface area (TPSA) is 63.2 Å². The van der Waals surface area contributed by atoms with Crippen molar-refractivity contribution in [2.75, 3.05) is 5.32 Å². The van der Waals surface area contributed by atoms with E-state index in [-0.39, 0.29) is 5.69 Å². The van der Waals surface area contributed by atoms with E-state index in [1.54, 1.807) is 0 Å². The normalized spacial score (nSPS) is 11.6. The van der Waals surface area contributed by atoms with Gasteiger partial charge in [-0.1, -0.05) is 6.07 Å². The summed E-state index contributed by atoms with van der Waals surface area (Å²) in [4.78, 5) is 11.1. The number of hydrogen-bond donors (Lipinski definition) is 1. The van der Waals surface area contributed by atoms with E-state index in [2.05, 4.69) is 5.32 Å². The van der Waals surface area contributed by atoms with Gasteiger partial charge in [0, 0.05) is 11.3 Å². The summed E-state index contributed by atoms with van der Waals surface area (Å²) in [5.41, 5.74) is -0.777. The van der Waals surface area contributed by atoms with Gasteiger partial charge in [-0.25, -0.2) is 21.6 Å². The van der Waals surface area contributed by atoms with Gasteiger partial charge in [-0.2, -0.15) is 8.78 Å². The Hall–Kier alpha value is -2.49. The van der Waals surface area contributed by atoms with Crippen LogP contribution < -0.4 is 5.32 Å². The van der Waals surface area contributed by atoms with Crippen molar-refractivity contribution in [3.8, 4) is 0 Å². The van der Waals surface area contributed by atoms with Crippen LogP contribution in [0.5, 0.6) is 0 Å². The maximum absolute atomic E-state index is 13.1. The zero-order chi connectivity index (χ0) is 18.1. The van der Waals surface area contributed by atoms with Gasteiger partial charge in [0.15, 0.2) is 17.5 Å². The molecule has 0 radical (unpaired) electrons. The number of hydrogen-bond acceptors (Lipinski definition) is 3. The third kappa shape index (κ3) is 3.53. The fourth-order valence-corrected chi connectivity index (χ4v) is 2.51. The lowest BCUT2D eigenvalue weighted by molar-refractivity contribution is 0.102. The standard InChI is InChI=1S/C14H8F5NO3S/c15-10-4-7(5-11(16)12(10)17)13(21)20-8-2-1-3-9(6-8)24(22,23)14(18)19/h1-6,14H,(H,20,21). The van der Waals surface area contributed by atoms with Crippen LogP contribution in [0.1, 0.15) is 10.4 Å². The number of halogens is 5. The molecule has 10 heteroatoms. The molecule has 0 fully saturated rings. The second-order valence-electron chi connectivity index (χ2n) is 4.54. The lowest BCUT2D eigenvalue weighted by Gasteiger charge is -2.08. The summed E-state index contributed by atoms with van der Waals surface area (Å²) in [5, 5.41) is 2.08. The number of carbonyl (C=O) groups is 1. The van der Waals surface area contributed by atoms with Gasteiger partial charge >= 0.3 is 5.76 Å². The van der Waals surface area contributed by atoms with E-state index in [4.69, 9.17) is 0 Å². The quantitative estimate of drug-likeness (QED) is 0.668. The van der Waals surface area contributed by atoms with Crippen LogP contribution in [0.15, 0.2) is 41.3 Å². The summed E-state index contributed by atoms with van der Waals surface area (Å²) >= 11 is 0. The fourth-order valence-electron chi connectivity index (χ4n) is 1.74. The SMILES string of the molecule is O=C(Nc1cccc(S(=O)(=O)C(F)F)c1)c1cc(F)c(F)c(F)c1. The fraction of sp³-hybridized carbons (Fsp3) is 0.0714. The average Bonchev–Trinajstić information content (AvgIpc) is 2.52. The van der Waals surface area contributed by atoms with Crippen molar-refractivity contribution in [3.05, 3.63) is 59.4 Å². The smallest absolute Gasteiger partial charge is 0.322 e. The molecule has 0 unspecified atom stereocenters. The molecule has 2 rings (SSSR count). The molecule has 2 aromatic rings. The molecule has 0 aromatic heterocycles. The molecule has 0 heterocycles. The number of benzene rings is 2. The van der Waals surface area contributed by atoms with Crippen molar-refractivity contribution in [2.45, 2.75) is 10.7 Å². The summed E-state index contributed by atoms with van der Waals surface area (Å²) in [6, 6.07) is 4.81. The highest BCUT2D eigenvalue weighted by Crippen LogP contribution is 2.22. The van der Waals surface area contributed by atoms with Crippen LogP contribution in [-0.4, -0.2) is 20.1 Å². The van der Waals surface area contributed by atoms with E-state index in [0.29, 0.717) is 12.1 Å². The highest BCUT2D eigenvalue weighted by atomic mass is 32.2. The van der Waals surface area contributed by atoms with Gasteiger partial charge in [-0.3, -0.25) is 4.79 Å². The average molecular weight is 365 g/mol. The van der Waals surface area contributed by atoms with Crippen molar-refractivity contribution >= 4 is 21.4 Å². The molecule has 0 bridgehead atoms. The lowest BCUT2D eigenvalue weighted by atomic mass is 10.2. The second kappa shape index (κ2) is 6.56. The first kappa shape index (κ1) is 17.9. The van der Waals surface area contributed by atoms with Crippen LogP contribution in [0, 0.1) is 17.5 Å². The van der Waals surface area contributed by atoms with Crippen LogP contribution in [0.3, 0.4) is 0 Å². The van der Waals surface area contributed by atoms with Gasteiger partial charge < -0.3 is 5.32 Å². The van der Waals surface area contributed by atoms with Crippen molar-refractivity contribution < 1.29 is 35.2 Å². The molecule has 1 amide bonds. The van der Waals surface area contributed by atoms with Gasteiger partial charge in [-0.15, -0.1) is 0 Å². The maximum Gasteiger partial charge on any atom is 0.341 e. The highest BCUT2D eigenvalue weighted by Gasteiger charge is 2.26. The molecule has 24 heavy (non-hydrogen) atoms. The van der Waals surface area contributed by atoms with Crippen molar-refractivity contribution in [2.24, 2.45) is 0 Å². The monoisotopic (exact) mass is 365 g/mol. The van der Waals surface area contributed by atoms with Gasteiger partial charge in [0.05, 0.1) is 4.90 Å². The molecule has 128 valence electrons. The van der Waals surface area contributed by atoms with Crippen LogP contribution in [0.4, 0.5) is 27.6 Å². The molecule has 0 atom stereocenters. The van der Waals surface area contributed by atoms with Crippen LogP contribution in [0.25, 0.3) is 0 Å². The predicted molar refractivity (Wildman–Crippen MR) is 73.9 cm³/mol. The number of alkyl halides is 2. The molecule has 0 saturated carbocycles. The van der Waals surface area contributed by atoms with Gasteiger partial charge in [-0.05, 0) is 30.3 Å². The van der Waals surface area contributed by atoms with Gasteiger partial charge in [0.25, 0.3) is 5.91 Å². The van der Waals surface area contributed by atoms with Crippen molar-refractivity contribution in [3.63, 3.8) is 0 Å². The number of carbonyl (C=O) groups excluding carboxylic acids is 1. The largest absolute Gasteiger partial charge is 0.341 e. The minimum absolute atomic E-state index is 0.202. The summed E-state index contributed by atoms with van der Waals surface area (Å²) in [5.74, 6) is -9.66. The first-order valence-electron chi connectivity index (χ1n) is 6.21. The Morgan fingerprint density at radius 2 is 1.58 bits per heavy atom. The number of nitrogens with one attached hydrogen (secondary N) is 1. The molecule has 0 aliphatic carbocycles. The molecular weight excluding hydrogens is 357 g/mol. The Labute approximate surface area is 132 Å². The molecule has 4 nitrogen and oxygen atoms in total. The Morgan fingerprint density at radius 1 is 1.00 bits per heavy atom. The Balaban J connectivity index is 2.31. The first-order valence-corrected chi connectivity index (χ1v) is 7.75. The maximum atomic E-state index is 13.1. The molecular formula is C14H8F5NO3S. The van der Waals surface area contributed by atoms with Crippen LogP contribution >= 0.6 is 0 Å². The number of rotatable bonds is 4. The van der Waals surface area contributed by atoms with E-state index in [0.717, 1.165) is 18.2 Å². The van der Waals surface area contributed by atoms with E-state index in [1.165, 1.54) is 6.07 Å². The first-order chi connectivity index (χ1) is 11.1. The van der Waals surface area contributed by atoms with Crippen molar-refractivity contribution in [1.82, 2.24) is 0 Å². The zero-order valence-electron chi connectivity index (χ0n) is 11.6. The summed E-state index contributed by atoms with van der Waals surface area (Å²) < 4.78 is 86.7. The van der Waals surface area contributed by atoms with Crippen molar-refractivity contribution in [1.29, 1.82) is 0 Å². The minimum Gasteiger partial charge on any atom is -0.322 e. The Kier molecular flexibility index (Phi) is 4.88. The molecule has 0 aliphatic heterocycles. The second-order valence-corrected chi connectivity index (χ2v) is 6.46. The molecule has 0 aliphatic rings. The third-order valence-corrected chi connectivity index (χ3v) is 4.28. The summed E-state index contributed by atoms with van der Waals surface area (Å²) in [6.45, 7) is 0. The minimum atomic E-state index is -4.87. The molecule has 1 N–H and O–H groups in total.